The second-order valence-corrected chi connectivity index (χ2v) is 5.25. The van der Waals surface area contributed by atoms with Crippen LogP contribution in [0.1, 0.15) is 0 Å². The molecular formula is C12H16Cl2N4O. The maximum Gasteiger partial charge on any atom is 0.238 e. The fourth-order valence-corrected chi connectivity index (χ4v) is 2.56. The fourth-order valence-electron chi connectivity index (χ4n) is 1.96. The van der Waals surface area contributed by atoms with Crippen LogP contribution in [0.25, 0.3) is 0 Å². The summed E-state index contributed by atoms with van der Waals surface area (Å²) in [6.07, 6.45) is 0. The Hall–Kier alpha value is -1.01. The van der Waals surface area contributed by atoms with E-state index in [1.165, 1.54) is 0 Å². The molecule has 4 N–H and O–H groups in total. The van der Waals surface area contributed by atoms with E-state index in [-0.39, 0.29) is 5.91 Å². The number of piperazine rings is 1. The maximum absolute atomic E-state index is 11.9. The maximum atomic E-state index is 11.9. The van der Waals surface area contributed by atoms with Crippen LogP contribution in [0, 0.1) is 0 Å². The molecule has 1 heterocycles. The van der Waals surface area contributed by atoms with E-state index < -0.39 is 0 Å². The molecule has 1 aliphatic rings. The van der Waals surface area contributed by atoms with Crippen LogP contribution in [0.4, 0.5) is 11.4 Å². The predicted molar refractivity (Wildman–Crippen MR) is 78.8 cm³/mol. The quantitative estimate of drug-likeness (QED) is 0.739. The van der Waals surface area contributed by atoms with E-state index in [0.717, 1.165) is 26.2 Å². The van der Waals surface area contributed by atoms with Crippen molar-refractivity contribution in [1.29, 1.82) is 0 Å². The first-order chi connectivity index (χ1) is 9.06. The number of carbonyl (C=O) groups is 1. The summed E-state index contributed by atoms with van der Waals surface area (Å²) >= 11 is 12.0. The van der Waals surface area contributed by atoms with Gasteiger partial charge in [0.25, 0.3) is 0 Å². The van der Waals surface area contributed by atoms with Gasteiger partial charge in [0.1, 0.15) is 0 Å². The number of halogens is 2. The number of nitrogens with zero attached hydrogens (tertiary/aromatic N) is 1. The Morgan fingerprint density at radius 1 is 1.32 bits per heavy atom. The van der Waals surface area contributed by atoms with Crippen LogP contribution in [-0.2, 0) is 4.79 Å². The lowest BCUT2D eigenvalue weighted by Crippen LogP contribution is -2.46. The molecule has 0 spiro atoms. The molecule has 0 aromatic heterocycles. The van der Waals surface area contributed by atoms with Crippen molar-refractivity contribution in [3.05, 3.63) is 22.2 Å². The van der Waals surface area contributed by atoms with Gasteiger partial charge >= 0.3 is 0 Å². The van der Waals surface area contributed by atoms with Crippen molar-refractivity contribution in [2.24, 2.45) is 0 Å². The van der Waals surface area contributed by atoms with E-state index in [0.29, 0.717) is 28.0 Å². The standard InChI is InChI=1S/C12H16Cl2N4O/c13-9-5-8(15)6-10(14)12(9)17-11(19)7-18-3-1-16-2-4-18/h5-6,16H,1-4,7,15H2,(H,17,19). The van der Waals surface area contributed by atoms with Crippen LogP contribution < -0.4 is 16.4 Å². The average Bonchev–Trinajstić information content (AvgIpc) is 2.35. The van der Waals surface area contributed by atoms with E-state index in [2.05, 4.69) is 15.5 Å². The van der Waals surface area contributed by atoms with Gasteiger partial charge in [-0.15, -0.1) is 0 Å². The van der Waals surface area contributed by atoms with Gasteiger partial charge < -0.3 is 16.4 Å². The molecule has 0 unspecified atom stereocenters. The Bertz CT molecular complexity index is 452. The lowest BCUT2D eigenvalue weighted by atomic mass is 10.2. The Morgan fingerprint density at radius 2 is 1.89 bits per heavy atom. The molecule has 1 aromatic carbocycles. The molecule has 0 bridgehead atoms. The highest BCUT2D eigenvalue weighted by atomic mass is 35.5. The number of carbonyl (C=O) groups excluding carboxylic acids is 1. The highest BCUT2D eigenvalue weighted by molar-refractivity contribution is 6.40. The van der Waals surface area contributed by atoms with E-state index in [1.54, 1.807) is 12.1 Å². The van der Waals surface area contributed by atoms with Gasteiger partial charge in [-0.1, -0.05) is 23.2 Å². The Balaban J connectivity index is 1.98. The first kappa shape index (κ1) is 14.4. The monoisotopic (exact) mass is 302 g/mol. The number of anilines is 2. The van der Waals surface area contributed by atoms with Gasteiger partial charge in [-0.05, 0) is 12.1 Å². The lowest BCUT2D eigenvalue weighted by molar-refractivity contribution is -0.117. The molecule has 2 rings (SSSR count). The largest absolute Gasteiger partial charge is 0.399 e. The molecule has 104 valence electrons. The number of nitrogens with two attached hydrogens (primary N) is 1. The van der Waals surface area contributed by atoms with Crippen molar-refractivity contribution in [2.45, 2.75) is 0 Å². The van der Waals surface area contributed by atoms with Crippen molar-refractivity contribution in [3.63, 3.8) is 0 Å². The van der Waals surface area contributed by atoms with Gasteiger partial charge in [0.05, 0.1) is 22.3 Å². The molecule has 1 amide bonds. The molecule has 19 heavy (non-hydrogen) atoms. The number of nitrogen functional groups attached to an aromatic ring is 1. The third-order valence-electron chi connectivity index (χ3n) is 2.91. The highest BCUT2D eigenvalue weighted by Gasteiger charge is 2.16. The van der Waals surface area contributed by atoms with Crippen molar-refractivity contribution < 1.29 is 4.79 Å². The third kappa shape index (κ3) is 3.98. The van der Waals surface area contributed by atoms with Crippen LogP contribution in [0.15, 0.2) is 12.1 Å². The second kappa shape index (κ2) is 6.43. The van der Waals surface area contributed by atoms with Crippen LogP contribution in [0.3, 0.4) is 0 Å². The molecular weight excluding hydrogens is 287 g/mol. The Kier molecular flexibility index (Phi) is 4.87. The average molecular weight is 303 g/mol. The molecule has 1 aliphatic heterocycles. The number of hydrogen-bond donors (Lipinski definition) is 3. The number of rotatable bonds is 3. The zero-order valence-corrected chi connectivity index (χ0v) is 11.9. The molecule has 1 saturated heterocycles. The SMILES string of the molecule is Nc1cc(Cl)c(NC(=O)CN2CCNCC2)c(Cl)c1. The minimum atomic E-state index is -0.129. The molecule has 5 nitrogen and oxygen atoms in total. The zero-order valence-electron chi connectivity index (χ0n) is 10.4. The molecule has 1 aromatic rings. The van der Waals surface area contributed by atoms with Crippen molar-refractivity contribution in [1.82, 2.24) is 10.2 Å². The van der Waals surface area contributed by atoms with Gasteiger partial charge in [0.2, 0.25) is 5.91 Å². The van der Waals surface area contributed by atoms with Crippen LogP contribution in [0.2, 0.25) is 10.0 Å². The zero-order chi connectivity index (χ0) is 13.8. The minimum Gasteiger partial charge on any atom is -0.399 e. The summed E-state index contributed by atoms with van der Waals surface area (Å²) in [4.78, 5) is 14.0. The summed E-state index contributed by atoms with van der Waals surface area (Å²) in [5.74, 6) is -0.129. The Morgan fingerprint density at radius 3 is 2.47 bits per heavy atom. The first-order valence-corrected chi connectivity index (χ1v) is 6.79. The normalized spacial score (nSPS) is 16.3. The molecule has 0 radical (unpaired) electrons. The Labute approximate surface area is 122 Å². The van der Waals surface area contributed by atoms with Gasteiger partial charge in [-0.2, -0.15) is 0 Å². The van der Waals surface area contributed by atoms with E-state index in [1.807, 2.05) is 0 Å². The summed E-state index contributed by atoms with van der Waals surface area (Å²) in [5.41, 5.74) is 6.49. The van der Waals surface area contributed by atoms with E-state index in [4.69, 9.17) is 28.9 Å². The lowest BCUT2D eigenvalue weighted by Gasteiger charge is -2.26. The summed E-state index contributed by atoms with van der Waals surface area (Å²) in [6, 6.07) is 3.13. The van der Waals surface area contributed by atoms with E-state index in [9.17, 15) is 4.79 Å². The second-order valence-electron chi connectivity index (χ2n) is 4.43. The van der Waals surface area contributed by atoms with Crippen LogP contribution in [-0.4, -0.2) is 43.5 Å². The molecule has 0 atom stereocenters. The highest BCUT2D eigenvalue weighted by Crippen LogP contribution is 2.32. The summed E-state index contributed by atoms with van der Waals surface area (Å²) in [5, 5.41) is 6.66. The summed E-state index contributed by atoms with van der Waals surface area (Å²) in [6.45, 7) is 3.85. The predicted octanol–water partition coefficient (Wildman–Crippen LogP) is 1.42. The molecule has 7 heteroatoms. The summed E-state index contributed by atoms with van der Waals surface area (Å²) in [7, 11) is 0. The smallest absolute Gasteiger partial charge is 0.238 e. The van der Waals surface area contributed by atoms with Gasteiger partial charge in [-0.25, -0.2) is 0 Å². The molecule has 0 aliphatic carbocycles. The van der Waals surface area contributed by atoms with Crippen molar-refractivity contribution in [3.8, 4) is 0 Å². The molecule has 0 saturated carbocycles. The van der Waals surface area contributed by atoms with Crippen molar-refractivity contribution >= 4 is 40.5 Å². The first-order valence-electron chi connectivity index (χ1n) is 6.03. The number of hydrogen-bond acceptors (Lipinski definition) is 4. The van der Waals surface area contributed by atoms with E-state index >= 15 is 0 Å². The number of amides is 1. The number of benzene rings is 1. The van der Waals surface area contributed by atoms with Gasteiger partial charge in [0.15, 0.2) is 0 Å². The van der Waals surface area contributed by atoms with Crippen LogP contribution >= 0.6 is 23.2 Å². The third-order valence-corrected chi connectivity index (χ3v) is 3.50. The fraction of sp³-hybridized carbons (Fsp3) is 0.417. The minimum absolute atomic E-state index is 0.129. The van der Waals surface area contributed by atoms with Crippen molar-refractivity contribution in [2.75, 3.05) is 43.8 Å². The molecule has 1 fully saturated rings. The summed E-state index contributed by atoms with van der Waals surface area (Å²) < 4.78 is 0. The van der Waals surface area contributed by atoms with Gasteiger partial charge in [0, 0.05) is 31.9 Å². The topological polar surface area (TPSA) is 70.4 Å². The van der Waals surface area contributed by atoms with Crippen LogP contribution in [0.5, 0.6) is 0 Å². The van der Waals surface area contributed by atoms with Gasteiger partial charge in [-0.3, -0.25) is 9.69 Å². The number of nitrogens with one attached hydrogen (secondary N) is 2.